The van der Waals surface area contributed by atoms with Crippen LogP contribution in [0.1, 0.15) is 18.5 Å². The van der Waals surface area contributed by atoms with Gasteiger partial charge in [0.2, 0.25) is 6.41 Å². The van der Waals surface area contributed by atoms with Gasteiger partial charge < -0.3 is 19.5 Å². The van der Waals surface area contributed by atoms with Crippen LogP contribution in [0.15, 0.2) is 16.6 Å². The second-order valence-electron chi connectivity index (χ2n) is 4.20. The molecule has 6 nitrogen and oxygen atoms in total. The van der Waals surface area contributed by atoms with Gasteiger partial charge in [-0.3, -0.25) is 4.79 Å². The number of carbonyl (C=O) groups excluding carboxylic acids is 1. The summed E-state index contributed by atoms with van der Waals surface area (Å²) in [5, 5.41) is 9.37. The van der Waals surface area contributed by atoms with E-state index in [2.05, 4.69) is 15.9 Å². The van der Waals surface area contributed by atoms with Crippen molar-refractivity contribution in [2.24, 2.45) is 0 Å². The van der Waals surface area contributed by atoms with Gasteiger partial charge in [-0.25, -0.2) is 4.79 Å². The van der Waals surface area contributed by atoms with Crippen LogP contribution < -0.4 is 9.47 Å². The van der Waals surface area contributed by atoms with E-state index in [4.69, 9.17) is 9.47 Å². The van der Waals surface area contributed by atoms with Crippen molar-refractivity contribution in [1.29, 1.82) is 0 Å². The number of carboxylic acids is 1. The lowest BCUT2D eigenvalue weighted by molar-refractivity contribution is -0.146. The standard InChI is InChI=1S/C13H14BrNO5/c1-2-15(7-16)11(13(17)18)8-5-9(14)12-10(6-8)19-3-4-20-12/h5-7,11H,2-4H2,1H3,(H,17,18). The van der Waals surface area contributed by atoms with Crippen molar-refractivity contribution < 1.29 is 24.2 Å². The number of ether oxygens (including phenoxy) is 2. The Morgan fingerprint density at radius 3 is 2.80 bits per heavy atom. The number of halogens is 1. The number of amides is 1. The van der Waals surface area contributed by atoms with Crippen LogP contribution >= 0.6 is 15.9 Å². The molecule has 0 aromatic heterocycles. The lowest BCUT2D eigenvalue weighted by Gasteiger charge is -2.26. The van der Waals surface area contributed by atoms with Gasteiger partial charge in [0.1, 0.15) is 13.2 Å². The Morgan fingerprint density at radius 1 is 1.50 bits per heavy atom. The van der Waals surface area contributed by atoms with Crippen LogP contribution in [0, 0.1) is 0 Å². The maximum atomic E-state index is 11.5. The number of nitrogens with zero attached hydrogens (tertiary/aromatic N) is 1. The van der Waals surface area contributed by atoms with E-state index in [9.17, 15) is 14.7 Å². The highest BCUT2D eigenvalue weighted by molar-refractivity contribution is 9.10. The maximum Gasteiger partial charge on any atom is 0.331 e. The average Bonchev–Trinajstić information content (AvgIpc) is 2.44. The van der Waals surface area contributed by atoms with Crippen molar-refractivity contribution in [2.75, 3.05) is 19.8 Å². The molecular weight excluding hydrogens is 330 g/mol. The molecule has 0 bridgehead atoms. The topological polar surface area (TPSA) is 76.1 Å². The molecule has 7 heteroatoms. The van der Waals surface area contributed by atoms with Crippen molar-refractivity contribution in [2.45, 2.75) is 13.0 Å². The van der Waals surface area contributed by atoms with Crippen LogP contribution in [-0.2, 0) is 9.59 Å². The average molecular weight is 344 g/mol. The number of carboxylic acid groups (broad SMARTS) is 1. The molecule has 0 fully saturated rings. The molecule has 0 aliphatic carbocycles. The summed E-state index contributed by atoms with van der Waals surface area (Å²) in [4.78, 5) is 23.7. The Kier molecular flexibility index (Phi) is 4.49. The van der Waals surface area contributed by atoms with Crippen molar-refractivity contribution in [3.8, 4) is 11.5 Å². The Labute approximate surface area is 124 Å². The molecule has 1 atom stereocenters. The molecule has 1 unspecified atom stereocenters. The van der Waals surface area contributed by atoms with Gasteiger partial charge in [0.15, 0.2) is 17.5 Å². The van der Waals surface area contributed by atoms with Crippen LogP contribution in [0.5, 0.6) is 11.5 Å². The van der Waals surface area contributed by atoms with Crippen LogP contribution in [0.2, 0.25) is 0 Å². The smallest absolute Gasteiger partial charge is 0.331 e. The van der Waals surface area contributed by atoms with E-state index in [1.54, 1.807) is 19.1 Å². The molecule has 1 aromatic rings. The molecule has 0 spiro atoms. The Hall–Kier alpha value is -1.76. The predicted octanol–water partition coefficient (Wildman–Crippen LogP) is 1.82. The first-order chi connectivity index (χ1) is 9.58. The normalized spacial score (nSPS) is 14.5. The van der Waals surface area contributed by atoms with E-state index >= 15 is 0 Å². The number of benzene rings is 1. The zero-order valence-corrected chi connectivity index (χ0v) is 12.4. The number of aliphatic carboxylic acids is 1. The molecule has 0 saturated heterocycles. The second-order valence-corrected chi connectivity index (χ2v) is 5.06. The minimum absolute atomic E-state index is 0.298. The van der Waals surface area contributed by atoms with Gasteiger partial charge in [-0.15, -0.1) is 0 Å². The molecule has 1 aliphatic heterocycles. The number of carbonyl (C=O) groups is 2. The minimum atomic E-state index is -1.09. The molecule has 108 valence electrons. The molecule has 0 saturated carbocycles. The fourth-order valence-electron chi connectivity index (χ4n) is 2.08. The maximum absolute atomic E-state index is 11.5. The molecule has 1 heterocycles. The number of rotatable bonds is 5. The van der Waals surface area contributed by atoms with E-state index in [1.807, 2.05) is 0 Å². The first-order valence-corrected chi connectivity index (χ1v) is 6.90. The largest absolute Gasteiger partial charge is 0.486 e. The van der Waals surface area contributed by atoms with Crippen molar-refractivity contribution in [1.82, 2.24) is 4.90 Å². The summed E-state index contributed by atoms with van der Waals surface area (Å²) in [7, 11) is 0. The molecule has 2 rings (SSSR count). The summed E-state index contributed by atoms with van der Waals surface area (Å²) >= 11 is 3.34. The first kappa shape index (κ1) is 14.6. The van der Waals surface area contributed by atoms with Crippen molar-refractivity contribution in [3.05, 3.63) is 22.2 Å². The van der Waals surface area contributed by atoms with Crippen LogP contribution in [0.25, 0.3) is 0 Å². The lowest BCUT2D eigenvalue weighted by atomic mass is 10.0. The quantitative estimate of drug-likeness (QED) is 0.825. The van der Waals surface area contributed by atoms with Crippen LogP contribution in [-0.4, -0.2) is 42.1 Å². The summed E-state index contributed by atoms with van der Waals surface area (Å²) in [5.41, 5.74) is 0.461. The van der Waals surface area contributed by atoms with E-state index in [1.165, 1.54) is 4.90 Å². The summed E-state index contributed by atoms with van der Waals surface area (Å²) in [6.07, 6.45) is 0.531. The number of hydrogen-bond donors (Lipinski definition) is 1. The van der Waals surface area contributed by atoms with Crippen molar-refractivity contribution in [3.63, 3.8) is 0 Å². The highest BCUT2D eigenvalue weighted by atomic mass is 79.9. The number of fused-ring (bicyclic) bond motifs is 1. The SMILES string of the molecule is CCN(C=O)C(C(=O)O)c1cc(Br)c2c(c1)OCCO2. The van der Waals surface area contributed by atoms with Gasteiger partial charge in [-0.1, -0.05) is 0 Å². The molecule has 20 heavy (non-hydrogen) atoms. The number of hydrogen-bond acceptors (Lipinski definition) is 4. The fraction of sp³-hybridized carbons (Fsp3) is 0.385. The third kappa shape index (κ3) is 2.72. The fourth-order valence-corrected chi connectivity index (χ4v) is 2.66. The zero-order valence-electron chi connectivity index (χ0n) is 10.8. The third-order valence-corrected chi connectivity index (χ3v) is 3.59. The van der Waals surface area contributed by atoms with Gasteiger partial charge in [-0.2, -0.15) is 0 Å². The van der Waals surface area contributed by atoms with Gasteiger partial charge in [-0.05, 0) is 40.5 Å². The van der Waals surface area contributed by atoms with Gasteiger partial charge in [0, 0.05) is 6.54 Å². The number of likely N-dealkylation sites (N-methyl/N-ethyl adjacent to an activating group) is 1. The molecule has 1 aliphatic rings. The first-order valence-electron chi connectivity index (χ1n) is 6.11. The molecule has 0 radical (unpaired) electrons. The van der Waals surface area contributed by atoms with Gasteiger partial charge in [0.05, 0.1) is 4.47 Å². The second kappa shape index (κ2) is 6.13. The van der Waals surface area contributed by atoms with Crippen LogP contribution in [0.3, 0.4) is 0 Å². The van der Waals surface area contributed by atoms with Gasteiger partial charge >= 0.3 is 5.97 Å². The lowest BCUT2D eigenvalue weighted by Crippen LogP contribution is -2.33. The summed E-state index contributed by atoms with van der Waals surface area (Å²) in [5.74, 6) is -0.0605. The summed E-state index contributed by atoms with van der Waals surface area (Å²) < 4.78 is 11.5. The van der Waals surface area contributed by atoms with Gasteiger partial charge in [0.25, 0.3) is 0 Å². The monoisotopic (exact) mass is 343 g/mol. The molecule has 1 N–H and O–H groups in total. The van der Waals surface area contributed by atoms with Crippen molar-refractivity contribution >= 4 is 28.3 Å². The van der Waals surface area contributed by atoms with E-state index in [-0.39, 0.29) is 0 Å². The predicted molar refractivity (Wildman–Crippen MR) is 74.0 cm³/mol. The molecule has 1 aromatic carbocycles. The highest BCUT2D eigenvalue weighted by Gasteiger charge is 2.28. The summed E-state index contributed by atoms with van der Waals surface area (Å²) in [6, 6.07) is 2.19. The Morgan fingerprint density at radius 2 is 2.20 bits per heavy atom. The summed E-state index contributed by atoms with van der Waals surface area (Å²) in [6.45, 7) is 2.87. The molecular formula is C13H14BrNO5. The minimum Gasteiger partial charge on any atom is -0.486 e. The zero-order chi connectivity index (χ0) is 14.7. The third-order valence-electron chi connectivity index (χ3n) is 3.00. The highest BCUT2D eigenvalue weighted by Crippen LogP contribution is 2.40. The van der Waals surface area contributed by atoms with E-state index in [0.717, 1.165) is 0 Å². The Balaban J connectivity index is 2.46. The van der Waals surface area contributed by atoms with E-state index < -0.39 is 12.0 Å². The van der Waals surface area contributed by atoms with Crippen LogP contribution in [0.4, 0.5) is 0 Å². The Bertz CT molecular complexity index is 534. The van der Waals surface area contributed by atoms with E-state index in [0.29, 0.717) is 47.7 Å². The molecule has 1 amide bonds.